The zero-order valence-electron chi connectivity index (χ0n) is 10.9. The highest BCUT2D eigenvalue weighted by Gasteiger charge is 2.21. The van der Waals surface area contributed by atoms with Gasteiger partial charge in [-0.1, -0.05) is 6.07 Å². The molecule has 1 heterocycles. The first-order valence-corrected chi connectivity index (χ1v) is 5.92. The van der Waals surface area contributed by atoms with E-state index in [1.807, 2.05) is 17.8 Å². The average molecular weight is 264 g/mol. The molecule has 1 aromatic carbocycles. The van der Waals surface area contributed by atoms with E-state index in [0.29, 0.717) is 17.7 Å². The summed E-state index contributed by atoms with van der Waals surface area (Å²) in [6.07, 6.45) is 4.00. The van der Waals surface area contributed by atoms with Crippen LogP contribution in [0.5, 0.6) is 5.75 Å². The lowest BCUT2D eigenvalue weighted by Crippen LogP contribution is -2.31. The molecule has 0 aliphatic rings. The van der Waals surface area contributed by atoms with Gasteiger partial charge in [-0.05, 0) is 12.1 Å². The fraction of sp³-hybridized carbons (Fsp3) is 0.308. The second-order valence-corrected chi connectivity index (χ2v) is 4.23. The van der Waals surface area contributed by atoms with E-state index < -0.39 is 6.04 Å². The van der Waals surface area contributed by atoms with E-state index >= 15 is 0 Å². The van der Waals surface area contributed by atoms with Crippen LogP contribution in [-0.4, -0.2) is 16.7 Å². The van der Waals surface area contributed by atoms with Crippen LogP contribution in [0.15, 0.2) is 30.6 Å². The van der Waals surface area contributed by atoms with E-state index in [1.165, 1.54) is 13.2 Å². The van der Waals surface area contributed by atoms with Gasteiger partial charge in [0.1, 0.15) is 17.4 Å². The molecule has 0 bridgehead atoms. The van der Waals surface area contributed by atoms with Crippen molar-refractivity contribution in [1.29, 1.82) is 0 Å². The third-order valence-corrected chi connectivity index (χ3v) is 3.09. The van der Waals surface area contributed by atoms with Crippen molar-refractivity contribution in [2.45, 2.75) is 12.5 Å². The van der Waals surface area contributed by atoms with Gasteiger partial charge < -0.3 is 9.30 Å². The minimum absolute atomic E-state index is 0.350. The predicted molar refractivity (Wildman–Crippen MR) is 69.9 cm³/mol. The van der Waals surface area contributed by atoms with Crippen LogP contribution >= 0.6 is 0 Å². The van der Waals surface area contributed by atoms with Crippen LogP contribution in [0.1, 0.15) is 17.4 Å². The van der Waals surface area contributed by atoms with E-state index in [-0.39, 0.29) is 5.82 Å². The van der Waals surface area contributed by atoms with Crippen LogP contribution in [0, 0.1) is 5.82 Å². The number of halogens is 1. The predicted octanol–water partition coefficient (Wildman–Crippen LogP) is 1.31. The maximum absolute atomic E-state index is 14.0. The molecule has 0 radical (unpaired) electrons. The van der Waals surface area contributed by atoms with Gasteiger partial charge in [-0.25, -0.2) is 9.37 Å². The Morgan fingerprint density at radius 3 is 2.89 bits per heavy atom. The first-order chi connectivity index (χ1) is 9.17. The minimum atomic E-state index is -0.405. The highest BCUT2D eigenvalue weighted by atomic mass is 19.1. The molecule has 6 heteroatoms. The molecular formula is C13H17FN4O. The van der Waals surface area contributed by atoms with Crippen LogP contribution in [0.25, 0.3) is 0 Å². The second-order valence-electron chi connectivity index (χ2n) is 4.23. The number of hydrogen-bond donors (Lipinski definition) is 2. The molecule has 0 aliphatic heterocycles. The zero-order valence-corrected chi connectivity index (χ0v) is 10.9. The van der Waals surface area contributed by atoms with E-state index in [2.05, 4.69) is 10.4 Å². The van der Waals surface area contributed by atoms with Crippen molar-refractivity contribution in [3.8, 4) is 5.75 Å². The van der Waals surface area contributed by atoms with Gasteiger partial charge in [-0.3, -0.25) is 11.3 Å². The quantitative estimate of drug-likeness (QED) is 0.631. The molecule has 0 aliphatic carbocycles. The van der Waals surface area contributed by atoms with E-state index in [9.17, 15) is 4.39 Å². The van der Waals surface area contributed by atoms with Gasteiger partial charge >= 0.3 is 0 Å². The summed E-state index contributed by atoms with van der Waals surface area (Å²) in [7, 11) is 3.39. The summed E-state index contributed by atoms with van der Waals surface area (Å²) >= 11 is 0. The lowest BCUT2D eigenvalue weighted by molar-refractivity contribution is 0.388. The van der Waals surface area contributed by atoms with Crippen LogP contribution in [-0.2, 0) is 13.5 Å². The molecule has 1 atom stereocenters. The number of imidazole rings is 1. The molecule has 1 unspecified atom stereocenters. The maximum Gasteiger partial charge on any atom is 0.131 e. The Morgan fingerprint density at radius 1 is 1.53 bits per heavy atom. The highest BCUT2D eigenvalue weighted by Crippen LogP contribution is 2.29. The second kappa shape index (κ2) is 5.81. The lowest BCUT2D eigenvalue weighted by Gasteiger charge is -2.19. The number of rotatable bonds is 5. The summed E-state index contributed by atoms with van der Waals surface area (Å²) in [4.78, 5) is 4.22. The summed E-state index contributed by atoms with van der Waals surface area (Å²) in [6, 6.07) is 4.30. The van der Waals surface area contributed by atoms with E-state index in [1.54, 1.807) is 18.3 Å². The van der Waals surface area contributed by atoms with Crippen molar-refractivity contribution in [3.05, 3.63) is 47.8 Å². The van der Waals surface area contributed by atoms with Gasteiger partial charge in [-0.15, -0.1) is 0 Å². The van der Waals surface area contributed by atoms with Gasteiger partial charge in [0.05, 0.1) is 13.2 Å². The Labute approximate surface area is 111 Å². The summed E-state index contributed by atoms with van der Waals surface area (Å²) in [6.45, 7) is 0. The molecule has 0 spiro atoms. The topological polar surface area (TPSA) is 65.1 Å². The Kier molecular flexibility index (Phi) is 4.13. The average Bonchev–Trinajstić information content (AvgIpc) is 2.81. The monoisotopic (exact) mass is 264 g/mol. The molecule has 19 heavy (non-hydrogen) atoms. The first kappa shape index (κ1) is 13.5. The molecule has 2 aromatic rings. The number of hydrogen-bond acceptors (Lipinski definition) is 4. The summed E-state index contributed by atoms with van der Waals surface area (Å²) in [5.41, 5.74) is 3.04. The normalized spacial score (nSPS) is 12.4. The van der Waals surface area contributed by atoms with Crippen LogP contribution in [0.4, 0.5) is 4.39 Å². The molecule has 2 rings (SSSR count). The van der Waals surface area contributed by atoms with E-state index in [0.717, 1.165) is 5.82 Å². The molecule has 0 fully saturated rings. The highest BCUT2D eigenvalue weighted by molar-refractivity contribution is 5.37. The molecule has 3 N–H and O–H groups in total. The standard InChI is InChI=1S/C13H17FN4O/c1-18-7-6-16-12(18)8-10(17-15)13-9(14)4-3-5-11(13)19-2/h3-7,10,17H,8,15H2,1-2H3. The molecule has 1 aromatic heterocycles. The smallest absolute Gasteiger partial charge is 0.131 e. The Bertz CT molecular complexity index is 555. The van der Waals surface area contributed by atoms with Crippen LogP contribution < -0.4 is 16.0 Å². The number of nitrogens with one attached hydrogen (secondary N) is 1. The third-order valence-electron chi connectivity index (χ3n) is 3.09. The molecule has 102 valence electrons. The number of benzene rings is 1. The largest absolute Gasteiger partial charge is 0.496 e. The molecular weight excluding hydrogens is 247 g/mol. The van der Waals surface area contributed by atoms with Crippen LogP contribution in [0.3, 0.4) is 0 Å². The third kappa shape index (κ3) is 2.74. The number of aromatic nitrogens is 2. The van der Waals surface area contributed by atoms with Gasteiger partial charge in [-0.2, -0.15) is 0 Å². The fourth-order valence-electron chi connectivity index (χ4n) is 2.05. The van der Waals surface area contributed by atoms with Crippen LogP contribution in [0.2, 0.25) is 0 Å². The number of nitrogens with zero attached hydrogens (tertiary/aromatic N) is 2. The van der Waals surface area contributed by atoms with Gasteiger partial charge in [0.2, 0.25) is 0 Å². The fourth-order valence-corrected chi connectivity index (χ4v) is 2.05. The van der Waals surface area contributed by atoms with Gasteiger partial charge in [0, 0.05) is 31.4 Å². The minimum Gasteiger partial charge on any atom is -0.496 e. The number of hydrazine groups is 1. The Balaban J connectivity index is 2.34. The Morgan fingerprint density at radius 2 is 2.32 bits per heavy atom. The first-order valence-electron chi connectivity index (χ1n) is 5.92. The molecule has 0 saturated heterocycles. The Hall–Kier alpha value is -1.92. The van der Waals surface area contributed by atoms with Crippen molar-refractivity contribution in [2.24, 2.45) is 12.9 Å². The SMILES string of the molecule is COc1cccc(F)c1C(Cc1nccn1C)NN. The van der Waals surface area contributed by atoms with Crippen molar-refractivity contribution < 1.29 is 9.13 Å². The number of nitrogens with two attached hydrogens (primary N) is 1. The number of ether oxygens (including phenoxy) is 1. The number of methoxy groups -OCH3 is 1. The van der Waals surface area contributed by atoms with Crippen molar-refractivity contribution >= 4 is 0 Å². The van der Waals surface area contributed by atoms with Gasteiger partial charge in [0.25, 0.3) is 0 Å². The van der Waals surface area contributed by atoms with Crippen molar-refractivity contribution in [1.82, 2.24) is 15.0 Å². The molecule has 0 amide bonds. The summed E-state index contributed by atoms with van der Waals surface area (Å²) < 4.78 is 21.1. The zero-order chi connectivity index (χ0) is 13.8. The summed E-state index contributed by atoms with van der Waals surface area (Å²) in [5, 5.41) is 0. The van der Waals surface area contributed by atoms with Crippen molar-refractivity contribution in [2.75, 3.05) is 7.11 Å². The summed E-state index contributed by atoms with van der Waals surface area (Å²) in [5.74, 6) is 6.49. The molecule has 5 nitrogen and oxygen atoms in total. The molecule has 0 saturated carbocycles. The number of aryl methyl sites for hydroxylation is 1. The van der Waals surface area contributed by atoms with E-state index in [4.69, 9.17) is 10.6 Å². The van der Waals surface area contributed by atoms with Gasteiger partial charge in [0.15, 0.2) is 0 Å². The lowest BCUT2D eigenvalue weighted by atomic mass is 10.0. The maximum atomic E-state index is 14.0. The van der Waals surface area contributed by atoms with Crippen molar-refractivity contribution in [3.63, 3.8) is 0 Å².